The Hall–Kier alpha value is -0.910. The first-order valence-corrected chi connectivity index (χ1v) is 9.89. The summed E-state index contributed by atoms with van der Waals surface area (Å²) in [7, 11) is 0. The van der Waals surface area contributed by atoms with Crippen molar-refractivity contribution in [2.75, 3.05) is 26.2 Å². The molecule has 2 N–H and O–H groups in total. The van der Waals surface area contributed by atoms with Gasteiger partial charge in [-0.3, -0.25) is 9.69 Å². The number of benzene rings is 1. The summed E-state index contributed by atoms with van der Waals surface area (Å²) in [6, 6.07) is 6.64. The number of likely N-dealkylation sites (tertiary alicyclic amines) is 1. The van der Waals surface area contributed by atoms with Crippen LogP contribution in [0.1, 0.15) is 36.8 Å². The van der Waals surface area contributed by atoms with Crippen molar-refractivity contribution in [3.8, 4) is 0 Å². The van der Waals surface area contributed by atoms with E-state index in [0.717, 1.165) is 45.6 Å². The van der Waals surface area contributed by atoms with Crippen LogP contribution in [0.4, 0.5) is 0 Å². The van der Waals surface area contributed by atoms with Crippen LogP contribution in [-0.2, 0) is 11.3 Å². The van der Waals surface area contributed by atoms with Crippen LogP contribution in [-0.4, -0.2) is 43.0 Å². The molecule has 0 saturated carbocycles. The largest absolute Gasteiger partial charge is 0.354 e. The molecule has 0 aliphatic carbocycles. The molecule has 3 rings (SSSR count). The van der Waals surface area contributed by atoms with Gasteiger partial charge in [-0.1, -0.05) is 28.1 Å². The number of nitrogens with one attached hydrogen (secondary N) is 2. The number of hydrogen-bond acceptors (Lipinski definition) is 3. The summed E-state index contributed by atoms with van der Waals surface area (Å²) < 4.78 is 1.17. The second kappa shape index (κ2) is 8.45. The molecule has 2 unspecified atom stereocenters. The molecule has 0 aromatic heterocycles. The van der Waals surface area contributed by atoms with Gasteiger partial charge in [-0.15, -0.1) is 0 Å². The number of carbonyl (C=O) groups is 1. The fraction of sp³-hybridized carbons (Fsp3) is 0.632. The van der Waals surface area contributed by atoms with E-state index >= 15 is 0 Å². The molecule has 0 bridgehead atoms. The second-order valence-corrected chi connectivity index (χ2v) is 8.08. The Bertz CT molecular complexity index is 572. The quantitative estimate of drug-likeness (QED) is 0.808. The van der Waals surface area contributed by atoms with Gasteiger partial charge in [0.15, 0.2) is 0 Å². The summed E-state index contributed by atoms with van der Waals surface area (Å²) >= 11 is 3.57. The smallest absolute Gasteiger partial charge is 0.237 e. The van der Waals surface area contributed by atoms with Crippen molar-refractivity contribution in [3.63, 3.8) is 0 Å². The number of amides is 1. The molecule has 2 saturated heterocycles. The number of aryl methyl sites for hydroxylation is 1. The number of rotatable bonds is 5. The Balaban J connectivity index is 1.47. The molecule has 0 radical (unpaired) electrons. The van der Waals surface area contributed by atoms with Crippen LogP contribution in [0.3, 0.4) is 0 Å². The Morgan fingerprint density at radius 3 is 3.00 bits per heavy atom. The molecular weight excluding hydrogens is 366 g/mol. The number of piperidine rings is 1. The van der Waals surface area contributed by atoms with Crippen molar-refractivity contribution in [2.24, 2.45) is 5.92 Å². The molecule has 2 atom stereocenters. The van der Waals surface area contributed by atoms with Crippen LogP contribution < -0.4 is 10.6 Å². The summed E-state index contributed by atoms with van der Waals surface area (Å²) in [5.41, 5.74) is 2.66. The number of halogens is 1. The van der Waals surface area contributed by atoms with E-state index in [1.54, 1.807) is 0 Å². The summed E-state index contributed by atoms with van der Waals surface area (Å²) in [5.74, 6) is 0.758. The van der Waals surface area contributed by atoms with Gasteiger partial charge < -0.3 is 10.6 Å². The van der Waals surface area contributed by atoms with Crippen molar-refractivity contribution >= 4 is 21.8 Å². The normalized spacial score (nSPS) is 24.9. The Morgan fingerprint density at radius 1 is 1.38 bits per heavy atom. The van der Waals surface area contributed by atoms with Crippen LogP contribution in [0.25, 0.3) is 0 Å². The molecule has 5 heteroatoms. The summed E-state index contributed by atoms with van der Waals surface area (Å²) in [6.45, 7) is 7.16. The van der Waals surface area contributed by atoms with Gasteiger partial charge in [-0.2, -0.15) is 0 Å². The van der Waals surface area contributed by atoms with E-state index in [1.165, 1.54) is 28.4 Å². The third-order valence-electron chi connectivity index (χ3n) is 5.17. The first-order valence-electron chi connectivity index (χ1n) is 9.10. The lowest BCUT2D eigenvalue weighted by Crippen LogP contribution is -2.45. The lowest BCUT2D eigenvalue weighted by atomic mass is 9.97. The fourth-order valence-electron chi connectivity index (χ4n) is 3.80. The lowest BCUT2D eigenvalue weighted by molar-refractivity contribution is -0.123. The standard InChI is InChI=1S/C19H28BrN3O/c1-14-10-15(6-7-17(14)20)12-23-9-3-4-16(13-23)11-22-19(24)18-5-2-8-21-18/h6-7,10,16,18,21H,2-5,8-9,11-13H2,1H3,(H,22,24). The van der Waals surface area contributed by atoms with Crippen molar-refractivity contribution in [2.45, 2.75) is 45.2 Å². The topological polar surface area (TPSA) is 44.4 Å². The zero-order chi connectivity index (χ0) is 16.9. The molecule has 2 heterocycles. The SMILES string of the molecule is Cc1cc(CN2CCCC(CNC(=O)C3CCCN3)C2)ccc1Br. The summed E-state index contributed by atoms with van der Waals surface area (Å²) in [4.78, 5) is 14.7. The highest BCUT2D eigenvalue weighted by molar-refractivity contribution is 9.10. The molecular formula is C19H28BrN3O. The van der Waals surface area contributed by atoms with Crippen LogP contribution in [0.15, 0.2) is 22.7 Å². The molecule has 1 amide bonds. The van der Waals surface area contributed by atoms with E-state index < -0.39 is 0 Å². The minimum atomic E-state index is 0.0374. The van der Waals surface area contributed by atoms with Crippen molar-refractivity contribution < 1.29 is 4.79 Å². The van der Waals surface area contributed by atoms with Gasteiger partial charge in [0.1, 0.15) is 0 Å². The van der Waals surface area contributed by atoms with E-state index in [2.05, 4.69) is 56.6 Å². The van der Waals surface area contributed by atoms with Gasteiger partial charge in [0.2, 0.25) is 5.91 Å². The zero-order valence-corrected chi connectivity index (χ0v) is 16.1. The van der Waals surface area contributed by atoms with E-state index in [9.17, 15) is 4.79 Å². The van der Waals surface area contributed by atoms with Crippen LogP contribution >= 0.6 is 15.9 Å². The first-order chi connectivity index (χ1) is 11.6. The summed E-state index contributed by atoms with van der Waals surface area (Å²) in [6.07, 6.45) is 4.53. The van der Waals surface area contributed by atoms with E-state index in [0.29, 0.717) is 5.92 Å². The van der Waals surface area contributed by atoms with E-state index in [1.807, 2.05) is 0 Å². The predicted octanol–water partition coefficient (Wildman–Crippen LogP) is 2.84. The molecule has 0 spiro atoms. The molecule has 4 nitrogen and oxygen atoms in total. The minimum absolute atomic E-state index is 0.0374. The molecule has 1 aromatic rings. The van der Waals surface area contributed by atoms with Crippen molar-refractivity contribution in [1.29, 1.82) is 0 Å². The highest BCUT2D eigenvalue weighted by atomic mass is 79.9. The third kappa shape index (κ3) is 4.80. The monoisotopic (exact) mass is 393 g/mol. The summed E-state index contributed by atoms with van der Waals surface area (Å²) in [5, 5.41) is 6.43. The third-order valence-corrected chi connectivity index (χ3v) is 6.06. The second-order valence-electron chi connectivity index (χ2n) is 7.22. The maximum absolute atomic E-state index is 12.1. The lowest BCUT2D eigenvalue weighted by Gasteiger charge is -2.33. The predicted molar refractivity (Wildman–Crippen MR) is 101 cm³/mol. The highest BCUT2D eigenvalue weighted by Gasteiger charge is 2.24. The molecule has 24 heavy (non-hydrogen) atoms. The van der Waals surface area contributed by atoms with Crippen molar-refractivity contribution in [1.82, 2.24) is 15.5 Å². The Morgan fingerprint density at radius 2 is 2.25 bits per heavy atom. The average Bonchev–Trinajstić information content (AvgIpc) is 3.11. The molecule has 2 fully saturated rings. The number of nitrogens with zero attached hydrogens (tertiary/aromatic N) is 1. The van der Waals surface area contributed by atoms with Gasteiger partial charge in [0.25, 0.3) is 0 Å². The average molecular weight is 394 g/mol. The fourth-order valence-corrected chi connectivity index (χ4v) is 4.05. The van der Waals surface area contributed by atoms with E-state index in [4.69, 9.17) is 0 Å². The van der Waals surface area contributed by atoms with Gasteiger partial charge in [0.05, 0.1) is 6.04 Å². The Kier molecular flexibility index (Phi) is 6.31. The molecule has 1 aromatic carbocycles. The maximum Gasteiger partial charge on any atom is 0.237 e. The van der Waals surface area contributed by atoms with Gasteiger partial charge in [-0.25, -0.2) is 0 Å². The Labute approximate surface area is 153 Å². The van der Waals surface area contributed by atoms with Gasteiger partial charge >= 0.3 is 0 Å². The highest BCUT2D eigenvalue weighted by Crippen LogP contribution is 2.21. The maximum atomic E-state index is 12.1. The number of carbonyl (C=O) groups excluding carboxylic acids is 1. The van der Waals surface area contributed by atoms with Crippen LogP contribution in [0.5, 0.6) is 0 Å². The van der Waals surface area contributed by atoms with Gasteiger partial charge in [0, 0.05) is 24.1 Å². The molecule has 2 aliphatic rings. The zero-order valence-electron chi connectivity index (χ0n) is 14.5. The van der Waals surface area contributed by atoms with Gasteiger partial charge in [-0.05, 0) is 68.8 Å². The number of hydrogen-bond donors (Lipinski definition) is 2. The van der Waals surface area contributed by atoms with E-state index in [-0.39, 0.29) is 11.9 Å². The van der Waals surface area contributed by atoms with Crippen LogP contribution in [0.2, 0.25) is 0 Å². The minimum Gasteiger partial charge on any atom is -0.354 e. The van der Waals surface area contributed by atoms with Crippen molar-refractivity contribution in [3.05, 3.63) is 33.8 Å². The molecule has 132 valence electrons. The molecule has 2 aliphatic heterocycles. The first kappa shape index (κ1) is 17.9. The van der Waals surface area contributed by atoms with Crippen LogP contribution in [0, 0.1) is 12.8 Å².